The topological polar surface area (TPSA) is 75.3 Å². The molecule has 4 nitrogen and oxygen atoms in total. The Kier molecular flexibility index (Phi) is 6.83. The largest absolute Gasteiger partial charge is 0.418 e. The van der Waals surface area contributed by atoms with Gasteiger partial charge in [0.1, 0.15) is 0 Å². The second-order valence-corrected chi connectivity index (χ2v) is 5.51. The first-order chi connectivity index (χ1) is 9.84. The van der Waals surface area contributed by atoms with Crippen LogP contribution in [-0.4, -0.2) is 29.1 Å². The van der Waals surface area contributed by atoms with Gasteiger partial charge in [0.05, 0.1) is 12.2 Å². The summed E-state index contributed by atoms with van der Waals surface area (Å²) in [5.74, 6) is 0.968. The molecule has 0 saturated heterocycles. The zero-order valence-electron chi connectivity index (χ0n) is 11.2. The van der Waals surface area contributed by atoms with Gasteiger partial charge in [-0.15, -0.1) is 0 Å². The maximum Gasteiger partial charge on any atom is 0.418 e. The molecule has 0 aliphatic rings. The van der Waals surface area contributed by atoms with Gasteiger partial charge < -0.3 is 16.2 Å². The summed E-state index contributed by atoms with van der Waals surface area (Å²) in [6.07, 6.45) is -3.74. The van der Waals surface area contributed by atoms with Crippen LogP contribution in [-0.2, 0) is 11.0 Å². The Morgan fingerprint density at radius 3 is 2.67 bits per heavy atom. The molecular weight excluding hydrogens is 305 g/mol. The predicted octanol–water partition coefficient (Wildman–Crippen LogP) is 2.73. The number of benzene rings is 1. The van der Waals surface area contributed by atoms with E-state index in [1.165, 1.54) is 17.8 Å². The predicted molar refractivity (Wildman–Crippen MR) is 78.1 cm³/mol. The number of halogens is 3. The smallest absolute Gasteiger partial charge is 0.398 e. The summed E-state index contributed by atoms with van der Waals surface area (Å²) in [5.41, 5.74) is 4.02. The van der Waals surface area contributed by atoms with Gasteiger partial charge in [-0.05, 0) is 30.4 Å². The number of nitrogens with one attached hydrogen (secondary N) is 1. The molecular formula is C13H17F3N2O2S. The van der Waals surface area contributed by atoms with Crippen LogP contribution >= 0.6 is 11.8 Å². The third-order valence-corrected chi connectivity index (χ3v) is 3.62. The van der Waals surface area contributed by atoms with Crippen molar-refractivity contribution in [1.29, 1.82) is 0 Å². The molecule has 118 valence electrons. The first-order valence-electron chi connectivity index (χ1n) is 6.29. The third-order valence-electron chi connectivity index (χ3n) is 2.57. The number of nitrogen functional groups attached to an aromatic ring is 1. The Morgan fingerprint density at radius 2 is 2.05 bits per heavy atom. The normalized spacial score (nSPS) is 11.4. The number of rotatable bonds is 7. The summed E-state index contributed by atoms with van der Waals surface area (Å²) in [4.78, 5) is 11.6. The Bertz CT molecular complexity index is 481. The average molecular weight is 322 g/mol. The number of aliphatic hydroxyl groups excluding tert-OH is 1. The highest BCUT2D eigenvalue weighted by atomic mass is 32.2. The summed E-state index contributed by atoms with van der Waals surface area (Å²) < 4.78 is 38.0. The maximum absolute atomic E-state index is 12.7. The van der Waals surface area contributed by atoms with Gasteiger partial charge in [-0.1, -0.05) is 0 Å². The number of anilines is 2. The molecule has 4 N–H and O–H groups in total. The number of thioether (sulfide) groups is 1. The zero-order chi connectivity index (χ0) is 15.9. The summed E-state index contributed by atoms with van der Waals surface area (Å²) in [7, 11) is 0. The van der Waals surface area contributed by atoms with Crippen molar-refractivity contribution in [3.8, 4) is 0 Å². The summed E-state index contributed by atoms with van der Waals surface area (Å²) in [5, 5.41) is 11.0. The molecule has 0 radical (unpaired) electrons. The molecule has 0 aromatic heterocycles. The van der Waals surface area contributed by atoms with Crippen molar-refractivity contribution in [2.75, 3.05) is 29.2 Å². The highest BCUT2D eigenvalue weighted by Gasteiger charge is 2.33. The first kappa shape index (κ1) is 17.6. The van der Waals surface area contributed by atoms with E-state index >= 15 is 0 Å². The van der Waals surface area contributed by atoms with E-state index in [9.17, 15) is 18.0 Å². The van der Waals surface area contributed by atoms with Crippen molar-refractivity contribution < 1.29 is 23.1 Å². The zero-order valence-corrected chi connectivity index (χ0v) is 12.1. The van der Waals surface area contributed by atoms with Crippen LogP contribution in [0.2, 0.25) is 0 Å². The summed E-state index contributed by atoms with van der Waals surface area (Å²) in [6.45, 7) is 0.0858. The molecule has 21 heavy (non-hydrogen) atoms. The first-order valence-corrected chi connectivity index (χ1v) is 7.45. The number of aliphatic hydroxyl groups is 1. The number of amides is 1. The lowest BCUT2D eigenvalue weighted by Gasteiger charge is -2.12. The molecule has 0 saturated carbocycles. The molecule has 0 atom stereocenters. The van der Waals surface area contributed by atoms with E-state index in [-0.39, 0.29) is 30.3 Å². The third kappa shape index (κ3) is 6.26. The number of hydrogen-bond acceptors (Lipinski definition) is 4. The van der Waals surface area contributed by atoms with Crippen molar-refractivity contribution in [3.63, 3.8) is 0 Å². The SMILES string of the molecule is Nc1ccc(NC(=O)CCCSCCO)cc1C(F)(F)F. The van der Waals surface area contributed by atoms with Gasteiger partial charge in [-0.2, -0.15) is 24.9 Å². The van der Waals surface area contributed by atoms with Crippen molar-refractivity contribution in [2.45, 2.75) is 19.0 Å². The number of alkyl halides is 3. The quantitative estimate of drug-likeness (QED) is 0.533. The second-order valence-electron chi connectivity index (χ2n) is 4.29. The fourth-order valence-electron chi connectivity index (χ4n) is 1.60. The lowest BCUT2D eigenvalue weighted by molar-refractivity contribution is -0.136. The van der Waals surface area contributed by atoms with Gasteiger partial charge in [-0.3, -0.25) is 4.79 Å². The van der Waals surface area contributed by atoms with E-state index in [1.54, 1.807) is 0 Å². The minimum atomic E-state index is -4.55. The molecule has 0 bridgehead atoms. The van der Waals surface area contributed by atoms with E-state index in [2.05, 4.69) is 5.32 Å². The van der Waals surface area contributed by atoms with Crippen LogP contribution in [0.25, 0.3) is 0 Å². The highest BCUT2D eigenvalue weighted by molar-refractivity contribution is 7.99. The molecule has 1 aromatic carbocycles. The van der Waals surface area contributed by atoms with Crippen molar-refractivity contribution in [2.24, 2.45) is 0 Å². The molecule has 0 aliphatic heterocycles. The molecule has 0 spiro atoms. The van der Waals surface area contributed by atoms with Crippen molar-refractivity contribution in [3.05, 3.63) is 23.8 Å². The number of carbonyl (C=O) groups excluding carboxylic acids is 1. The lowest BCUT2D eigenvalue weighted by Crippen LogP contribution is -2.14. The highest BCUT2D eigenvalue weighted by Crippen LogP contribution is 2.35. The van der Waals surface area contributed by atoms with Gasteiger partial charge in [0.25, 0.3) is 0 Å². The number of hydrogen-bond donors (Lipinski definition) is 3. The standard InChI is InChI=1S/C13H17F3N2O2S/c14-13(15,16)10-8-9(3-4-11(10)17)18-12(20)2-1-6-21-7-5-19/h3-4,8,19H,1-2,5-7,17H2,(H,18,20). The molecule has 1 rings (SSSR count). The average Bonchev–Trinajstić information content (AvgIpc) is 2.39. The Hall–Kier alpha value is -1.41. The second kappa shape index (κ2) is 8.14. The Morgan fingerprint density at radius 1 is 1.33 bits per heavy atom. The van der Waals surface area contributed by atoms with Crippen LogP contribution in [0.5, 0.6) is 0 Å². The van der Waals surface area contributed by atoms with E-state index in [1.807, 2.05) is 0 Å². The number of carbonyl (C=O) groups is 1. The minimum absolute atomic E-state index is 0.0736. The number of nitrogens with two attached hydrogens (primary N) is 1. The van der Waals surface area contributed by atoms with E-state index in [0.717, 1.165) is 12.1 Å². The molecule has 1 aromatic rings. The van der Waals surface area contributed by atoms with Crippen molar-refractivity contribution >= 4 is 29.0 Å². The Balaban J connectivity index is 2.53. The van der Waals surface area contributed by atoms with E-state index in [4.69, 9.17) is 10.8 Å². The Labute approximate surface area is 124 Å². The molecule has 1 amide bonds. The van der Waals surface area contributed by atoms with Gasteiger partial charge in [0, 0.05) is 23.5 Å². The van der Waals surface area contributed by atoms with Gasteiger partial charge >= 0.3 is 6.18 Å². The van der Waals surface area contributed by atoms with Crippen molar-refractivity contribution in [1.82, 2.24) is 0 Å². The van der Waals surface area contributed by atoms with Crippen LogP contribution in [0, 0.1) is 0 Å². The lowest BCUT2D eigenvalue weighted by atomic mass is 10.1. The van der Waals surface area contributed by atoms with Crippen LogP contribution < -0.4 is 11.1 Å². The van der Waals surface area contributed by atoms with Gasteiger partial charge in [0.2, 0.25) is 5.91 Å². The van der Waals surface area contributed by atoms with Gasteiger partial charge in [0.15, 0.2) is 0 Å². The van der Waals surface area contributed by atoms with Gasteiger partial charge in [-0.25, -0.2) is 0 Å². The molecule has 0 aliphatic carbocycles. The summed E-state index contributed by atoms with van der Waals surface area (Å²) >= 11 is 1.51. The van der Waals surface area contributed by atoms with Crippen LogP contribution in [0.4, 0.5) is 24.5 Å². The van der Waals surface area contributed by atoms with E-state index < -0.39 is 11.7 Å². The fraction of sp³-hybridized carbons (Fsp3) is 0.462. The van der Waals surface area contributed by atoms with Crippen LogP contribution in [0.3, 0.4) is 0 Å². The maximum atomic E-state index is 12.7. The monoisotopic (exact) mass is 322 g/mol. The molecule has 0 unspecified atom stereocenters. The minimum Gasteiger partial charge on any atom is -0.398 e. The fourth-order valence-corrected chi connectivity index (χ4v) is 2.29. The van der Waals surface area contributed by atoms with Crippen LogP contribution in [0.1, 0.15) is 18.4 Å². The molecule has 0 heterocycles. The molecule has 8 heteroatoms. The van der Waals surface area contributed by atoms with E-state index in [0.29, 0.717) is 17.9 Å². The van der Waals surface area contributed by atoms with Crippen LogP contribution in [0.15, 0.2) is 18.2 Å². The molecule has 0 fully saturated rings. The summed E-state index contributed by atoms with van der Waals surface area (Å²) in [6, 6.07) is 3.28.